The van der Waals surface area contributed by atoms with Crippen molar-refractivity contribution in [3.63, 3.8) is 0 Å². The molecule has 1 atom stereocenters. The number of rotatable bonds is 3. The Balaban J connectivity index is 2.49. The summed E-state index contributed by atoms with van der Waals surface area (Å²) in [5.41, 5.74) is 8.28. The van der Waals surface area contributed by atoms with Crippen LogP contribution >= 0.6 is 0 Å². The number of nitrogens with two attached hydrogens (primary N) is 1. The molecule has 4 nitrogen and oxygen atoms in total. The molecule has 0 aliphatic rings. The molecule has 1 aromatic heterocycles. The van der Waals surface area contributed by atoms with Crippen LogP contribution in [0.2, 0.25) is 0 Å². The number of hydrogen-bond donors (Lipinski definition) is 1. The van der Waals surface area contributed by atoms with Gasteiger partial charge in [-0.15, -0.1) is 10.2 Å². The van der Waals surface area contributed by atoms with Crippen LogP contribution in [0.4, 0.5) is 0 Å². The molecule has 0 bridgehead atoms. The first-order chi connectivity index (χ1) is 7.74. The zero-order valence-corrected chi connectivity index (χ0v) is 9.59. The SMILES string of the molecule is CCC(N)c1nncn1-c1ccccc1C. The van der Waals surface area contributed by atoms with Crippen LogP contribution in [0.1, 0.15) is 30.8 Å². The van der Waals surface area contributed by atoms with E-state index in [9.17, 15) is 0 Å². The summed E-state index contributed by atoms with van der Waals surface area (Å²) in [5, 5.41) is 8.03. The van der Waals surface area contributed by atoms with Crippen LogP contribution in [0, 0.1) is 6.92 Å². The molecular weight excluding hydrogens is 200 g/mol. The highest BCUT2D eigenvalue weighted by atomic mass is 15.3. The molecule has 0 aliphatic heterocycles. The molecule has 2 rings (SSSR count). The first-order valence-electron chi connectivity index (χ1n) is 5.45. The average Bonchev–Trinajstić information content (AvgIpc) is 2.77. The van der Waals surface area contributed by atoms with Crippen molar-refractivity contribution in [2.45, 2.75) is 26.3 Å². The van der Waals surface area contributed by atoms with Crippen molar-refractivity contribution in [1.29, 1.82) is 0 Å². The van der Waals surface area contributed by atoms with E-state index in [-0.39, 0.29) is 6.04 Å². The summed E-state index contributed by atoms with van der Waals surface area (Å²) in [6.45, 7) is 4.11. The molecule has 0 saturated heterocycles. The fourth-order valence-corrected chi connectivity index (χ4v) is 1.70. The zero-order valence-electron chi connectivity index (χ0n) is 9.59. The molecule has 2 aromatic rings. The van der Waals surface area contributed by atoms with Gasteiger partial charge in [-0.3, -0.25) is 4.57 Å². The number of para-hydroxylation sites is 1. The van der Waals surface area contributed by atoms with Crippen molar-refractivity contribution in [1.82, 2.24) is 14.8 Å². The third kappa shape index (κ3) is 1.84. The lowest BCUT2D eigenvalue weighted by Gasteiger charge is -2.12. The van der Waals surface area contributed by atoms with E-state index in [0.29, 0.717) is 0 Å². The predicted molar refractivity (Wildman–Crippen MR) is 63.3 cm³/mol. The maximum atomic E-state index is 6.00. The molecule has 0 spiro atoms. The molecule has 1 heterocycles. The molecule has 1 aromatic carbocycles. The molecule has 84 valence electrons. The second kappa shape index (κ2) is 4.45. The molecule has 0 saturated carbocycles. The summed E-state index contributed by atoms with van der Waals surface area (Å²) < 4.78 is 1.96. The van der Waals surface area contributed by atoms with Gasteiger partial charge >= 0.3 is 0 Å². The first kappa shape index (κ1) is 10.8. The van der Waals surface area contributed by atoms with Crippen LogP contribution in [-0.4, -0.2) is 14.8 Å². The standard InChI is InChI=1S/C12H16N4/c1-3-10(13)12-15-14-8-16(12)11-7-5-4-6-9(11)2/h4-8,10H,3,13H2,1-2H3. The Bertz CT molecular complexity index is 475. The summed E-state index contributed by atoms with van der Waals surface area (Å²) in [7, 11) is 0. The van der Waals surface area contributed by atoms with Gasteiger partial charge in [0.2, 0.25) is 0 Å². The summed E-state index contributed by atoms with van der Waals surface area (Å²) >= 11 is 0. The fourth-order valence-electron chi connectivity index (χ4n) is 1.70. The predicted octanol–water partition coefficient (Wildman–Crippen LogP) is 1.99. The van der Waals surface area contributed by atoms with Crippen LogP contribution in [0.15, 0.2) is 30.6 Å². The molecule has 0 radical (unpaired) electrons. The van der Waals surface area contributed by atoms with E-state index in [0.717, 1.165) is 17.9 Å². The van der Waals surface area contributed by atoms with Gasteiger partial charge in [-0.1, -0.05) is 25.1 Å². The second-order valence-electron chi connectivity index (χ2n) is 3.86. The molecule has 2 N–H and O–H groups in total. The summed E-state index contributed by atoms with van der Waals surface area (Å²) in [6.07, 6.45) is 2.57. The molecular formula is C12H16N4. The Hall–Kier alpha value is -1.68. The fraction of sp³-hybridized carbons (Fsp3) is 0.333. The minimum Gasteiger partial charge on any atom is -0.321 e. The van der Waals surface area contributed by atoms with Crippen molar-refractivity contribution in [2.75, 3.05) is 0 Å². The van der Waals surface area contributed by atoms with Crippen molar-refractivity contribution >= 4 is 0 Å². The first-order valence-corrected chi connectivity index (χ1v) is 5.45. The Morgan fingerprint density at radius 3 is 2.81 bits per heavy atom. The lowest BCUT2D eigenvalue weighted by atomic mass is 10.2. The highest BCUT2D eigenvalue weighted by Gasteiger charge is 2.13. The van der Waals surface area contributed by atoms with Crippen LogP contribution in [0.5, 0.6) is 0 Å². The number of benzene rings is 1. The quantitative estimate of drug-likeness (QED) is 0.853. The van der Waals surface area contributed by atoms with Crippen molar-refractivity contribution < 1.29 is 0 Å². The van der Waals surface area contributed by atoms with E-state index >= 15 is 0 Å². The number of nitrogens with zero attached hydrogens (tertiary/aromatic N) is 3. The number of aryl methyl sites for hydroxylation is 1. The van der Waals surface area contributed by atoms with Gasteiger partial charge in [0.25, 0.3) is 0 Å². The van der Waals surface area contributed by atoms with E-state index in [2.05, 4.69) is 23.2 Å². The average molecular weight is 216 g/mol. The van der Waals surface area contributed by atoms with Gasteiger partial charge in [-0.05, 0) is 25.0 Å². The minimum atomic E-state index is -0.0675. The highest BCUT2D eigenvalue weighted by molar-refractivity contribution is 5.40. The highest BCUT2D eigenvalue weighted by Crippen LogP contribution is 2.18. The van der Waals surface area contributed by atoms with E-state index in [1.54, 1.807) is 6.33 Å². The molecule has 0 fully saturated rings. The molecule has 1 unspecified atom stereocenters. The maximum Gasteiger partial charge on any atom is 0.154 e. The Labute approximate surface area is 95.1 Å². The van der Waals surface area contributed by atoms with E-state index < -0.39 is 0 Å². The topological polar surface area (TPSA) is 56.7 Å². The van der Waals surface area contributed by atoms with Gasteiger partial charge in [0.15, 0.2) is 5.82 Å². The third-order valence-electron chi connectivity index (χ3n) is 2.72. The van der Waals surface area contributed by atoms with Crippen molar-refractivity contribution in [3.05, 3.63) is 42.0 Å². The van der Waals surface area contributed by atoms with Gasteiger partial charge in [0.1, 0.15) is 6.33 Å². The van der Waals surface area contributed by atoms with Crippen LogP contribution in [-0.2, 0) is 0 Å². The van der Waals surface area contributed by atoms with Crippen molar-refractivity contribution in [2.24, 2.45) is 5.73 Å². The van der Waals surface area contributed by atoms with Gasteiger partial charge in [0.05, 0.1) is 11.7 Å². The van der Waals surface area contributed by atoms with Gasteiger partial charge in [-0.2, -0.15) is 0 Å². The molecule has 16 heavy (non-hydrogen) atoms. The largest absolute Gasteiger partial charge is 0.321 e. The van der Waals surface area contributed by atoms with Gasteiger partial charge in [0, 0.05) is 0 Å². The monoisotopic (exact) mass is 216 g/mol. The van der Waals surface area contributed by atoms with Gasteiger partial charge in [-0.25, -0.2) is 0 Å². The smallest absolute Gasteiger partial charge is 0.154 e. The minimum absolute atomic E-state index is 0.0675. The maximum absolute atomic E-state index is 6.00. The normalized spacial score (nSPS) is 12.7. The summed E-state index contributed by atoms with van der Waals surface area (Å²) in [4.78, 5) is 0. The third-order valence-corrected chi connectivity index (χ3v) is 2.72. The van der Waals surface area contributed by atoms with Crippen LogP contribution in [0.25, 0.3) is 5.69 Å². The second-order valence-corrected chi connectivity index (χ2v) is 3.86. The Morgan fingerprint density at radius 1 is 1.38 bits per heavy atom. The summed E-state index contributed by atoms with van der Waals surface area (Å²) in [5.74, 6) is 0.816. The Kier molecular flexibility index (Phi) is 3.01. The molecule has 4 heteroatoms. The lowest BCUT2D eigenvalue weighted by molar-refractivity contribution is 0.633. The van der Waals surface area contributed by atoms with Crippen LogP contribution < -0.4 is 5.73 Å². The molecule has 0 aliphatic carbocycles. The number of hydrogen-bond acceptors (Lipinski definition) is 3. The number of aromatic nitrogens is 3. The van der Waals surface area contributed by atoms with E-state index in [1.807, 2.05) is 29.7 Å². The van der Waals surface area contributed by atoms with E-state index in [1.165, 1.54) is 5.56 Å². The van der Waals surface area contributed by atoms with Crippen molar-refractivity contribution in [3.8, 4) is 5.69 Å². The zero-order chi connectivity index (χ0) is 11.5. The molecule has 0 amide bonds. The van der Waals surface area contributed by atoms with E-state index in [4.69, 9.17) is 5.73 Å². The summed E-state index contributed by atoms with van der Waals surface area (Å²) in [6, 6.07) is 8.06. The lowest BCUT2D eigenvalue weighted by Crippen LogP contribution is -2.15. The van der Waals surface area contributed by atoms with Crippen LogP contribution in [0.3, 0.4) is 0 Å². The Morgan fingerprint density at radius 2 is 2.12 bits per heavy atom. The van der Waals surface area contributed by atoms with Gasteiger partial charge < -0.3 is 5.73 Å².